The second kappa shape index (κ2) is 9.99. The van der Waals surface area contributed by atoms with Crippen LogP contribution in [0.1, 0.15) is 40.5 Å². The van der Waals surface area contributed by atoms with Gasteiger partial charge in [-0.25, -0.2) is 9.05 Å². The van der Waals surface area contributed by atoms with Gasteiger partial charge in [-0.3, -0.25) is 0 Å². The summed E-state index contributed by atoms with van der Waals surface area (Å²) in [5.41, 5.74) is 0. The van der Waals surface area contributed by atoms with E-state index in [0.717, 1.165) is 12.8 Å². The van der Waals surface area contributed by atoms with E-state index < -0.39 is 7.94 Å². The number of rotatable bonds is 10. The maximum Gasteiger partial charge on any atom is 0.267 e. The van der Waals surface area contributed by atoms with Crippen LogP contribution < -0.4 is 4.89 Å². The monoisotopic (exact) mass is 298 g/mol. The zero-order chi connectivity index (χ0) is 14.0. The van der Waals surface area contributed by atoms with Crippen LogP contribution in [-0.4, -0.2) is 25.2 Å². The molecule has 0 spiro atoms. The molecule has 0 amide bonds. The standard InChI is InChI=1S/C12H24ClO4P/c1-5-7-15-18(14,16-8-6-2)10-12(4)17-11(3)9-13/h10-11H,5-9H2,1-4H3/b12-10-. The first-order valence-corrected chi connectivity index (χ1v) is 8.43. The van der Waals surface area contributed by atoms with Crippen molar-refractivity contribution < 1.29 is 18.7 Å². The molecular formula is C12H24ClO4P. The number of hydrogen-bond acceptors (Lipinski definition) is 4. The predicted molar refractivity (Wildman–Crippen MR) is 74.4 cm³/mol. The van der Waals surface area contributed by atoms with E-state index in [0.29, 0.717) is 24.9 Å². The molecule has 0 radical (unpaired) electrons. The Morgan fingerprint density at radius 2 is 1.78 bits per heavy atom. The molecule has 0 aromatic rings. The third-order valence-electron chi connectivity index (χ3n) is 1.90. The van der Waals surface area contributed by atoms with Gasteiger partial charge in [-0.05, 0) is 26.7 Å². The van der Waals surface area contributed by atoms with Gasteiger partial charge in [-0.15, -0.1) is 11.6 Å². The van der Waals surface area contributed by atoms with Crippen molar-refractivity contribution in [2.45, 2.75) is 46.6 Å². The quantitative estimate of drug-likeness (QED) is 0.352. The zero-order valence-electron chi connectivity index (χ0n) is 11.6. The van der Waals surface area contributed by atoms with E-state index >= 15 is 0 Å². The summed E-state index contributed by atoms with van der Waals surface area (Å²) in [5.74, 6) is 2.32. The minimum Gasteiger partial charge on any atom is -0.627 e. The first kappa shape index (κ1) is 18.1. The van der Waals surface area contributed by atoms with E-state index in [2.05, 4.69) is 0 Å². The lowest BCUT2D eigenvalue weighted by molar-refractivity contribution is -0.214. The molecule has 1 atom stereocenters. The highest BCUT2D eigenvalue weighted by Gasteiger charge is 2.28. The SMILES string of the molecule is CCCO[P+]([O-])(/C=C(/C)OC(C)CCl)OCCC. The fourth-order valence-electron chi connectivity index (χ4n) is 1.15. The number of hydrogen-bond donors (Lipinski definition) is 0. The first-order valence-electron chi connectivity index (χ1n) is 6.28. The molecule has 108 valence electrons. The van der Waals surface area contributed by atoms with Crippen LogP contribution in [0, 0.1) is 0 Å². The maximum absolute atomic E-state index is 12.4. The number of halogens is 1. The maximum atomic E-state index is 12.4. The van der Waals surface area contributed by atoms with E-state index in [1.54, 1.807) is 6.92 Å². The Labute approximate surface area is 116 Å². The summed E-state index contributed by atoms with van der Waals surface area (Å²) in [5, 5.41) is 0. The average Bonchev–Trinajstić information content (AvgIpc) is 2.33. The highest BCUT2D eigenvalue weighted by molar-refractivity contribution is 7.62. The number of alkyl halides is 1. The van der Waals surface area contributed by atoms with Gasteiger partial charge in [0.2, 0.25) is 0 Å². The highest BCUT2D eigenvalue weighted by Crippen LogP contribution is 2.55. The summed E-state index contributed by atoms with van der Waals surface area (Å²) in [4.78, 5) is 12.4. The number of allylic oxidation sites excluding steroid dienone is 1. The first-order chi connectivity index (χ1) is 8.47. The average molecular weight is 299 g/mol. The van der Waals surface area contributed by atoms with Crippen LogP contribution in [0.4, 0.5) is 0 Å². The van der Waals surface area contributed by atoms with Crippen LogP contribution in [0.3, 0.4) is 0 Å². The van der Waals surface area contributed by atoms with E-state index in [1.807, 2.05) is 20.8 Å². The van der Waals surface area contributed by atoms with Crippen LogP contribution in [0.5, 0.6) is 0 Å². The molecular weight excluding hydrogens is 275 g/mol. The fraction of sp³-hybridized carbons (Fsp3) is 0.833. The summed E-state index contributed by atoms with van der Waals surface area (Å²) in [6, 6.07) is 0. The van der Waals surface area contributed by atoms with Crippen molar-refractivity contribution in [1.82, 2.24) is 0 Å². The Kier molecular flexibility index (Phi) is 10.1. The third-order valence-corrected chi connectivity index (χ3v) is 4.09. The molecule has 18 heavy (non-hydrogen) atoms. The van der Waals surface area contributed by atoms with Crippen molar-refractivity contribution in [3.63, 3.8) is 0 Å². The van der Waals surface area contributed by atoms with E-state index in [4.69, 9.17) is 25.4 Å². The fourth-order valence-corrected chi connectivity index (χ4v) is 2.82. The van der Waals surface area contributed by atoms with Crippen molar-refractivity contribution in [2.24, 2.45) is 0 Å². The van der Waals surface area contributed by atoms with Gasteiger partial charge in [-0.2, -0.15) is 0 Å². The third kappa shape index (κ3) is 8.28. The molecule has 0 bridgehead atoms. The molecule has 6 heteroatoms. The predicted octanol–water partition coefficient (Wildman–Crippen LogP) is 3.47. The van der Waals surface area contributed by atoms with Crippen molar-refractivity contribution >= 4 is 19.5 Å². The van der Waals surface area contributed by atoms with Gasteiger partial charge < -0.3 is 9.63 Å². The van der Waals surface area contributed by atoms with Gasteiger partial charge in [0.1, 0.15) is 11.9 Å². The van der Waals surface area contributed by atoms with Gasteiger partial charge in [0.05, 0.1) is 19.1 Å². The molecule has 0 N–H and O–H groups in total. The largest absolute Gasteiger partial charge is 0.627 e. The summed E-state index contributed by atoms with van der Waals surface area (Å²) in [6.45, 7) is 8.26. The molecule has 1 unspecified atom stereocenters. The van der Waals surface area contributed by atoms with Crippen LogP contribution in [-0.2, 0) is 13.8 Å². The van der Waals surface area contributed by atoms with Crippen LogP contribution >= 0.6 is 19.5 Å². The Bertz CT molecular complexity index is 240. The van der Waals surface area contributed by atoms with Crippen molar-refractivity contribution in [1.29, 1.82) is 0 Å². The van der Waals surface area contributed by atoms with E-state index in [1.165, 1.54) is 5.82 Å². The normalized spacial score (nSPS) is 14.7. The zero-order valence-corrected chi connectivity index (χ0v) is 13.3. The summed E-state index contributed by atoms with van der Waals surface area (Å²) in [6.07, 6.45) is 1.44. The minimum absolute atomic E-state index is 0.131. The Balaban J connectivity index is 4.57. The van der Waals surface area contributed by atoms with Crippen LogP contribution in [0.2, 0.25) is 0 Å². The molecule has 0 saturated heterocycles. The lowest BCUT2D eigenvalue weighted by Crippen LogP contribution is -2.16. The van der Waals surface area contributed by atoms with Crippen LogP contribution in [0.25, 0.3) is 0 Å². The molecule has 0 aromatic heterocycles. The highest BCUT2D eigenvalue weighted by atomic mass is 35.5. The summed E-state index contributed by atoms with van der Waals surface area (Å²) in [7, 11) is -3.21. The number of ether oxygens (including phenoxy) is 1. The van der Waals surface area contributed by atoms with Gasteiger partial charge in [0.25, 0.3) is 7.94 Å². The summed E-state index contributed by atoms with van der Waals surface area (Å²) < 4.78 is 16.1. The molecule has 0 heterocycles. The molecule has 0 aliphatic rings. The molecule has 4 nitrogen and oxygen atoms in total. The van der Waals surface area contributed by atoms with E-state index in [9.17, 15) is 4.89 Å². The smallest absolute Gasteiger partial charge is 0.267 e. The van der Waals surface area contributed by atoms with Crippen LogP contribution in [0.15, 0.2) is 11.6 Å². The van der Waals surface area contributed by atoms with Crippen molar-refractivity contribution in [2.75, 3.05) is 19.1 Å². The van der Waals surface area contributed by atoms with Gasteiger partial charge in [0, 0.05) is 0 Å². The molecule has 0 saturated carbocycles. The van der Waals surface area contributed by atoms with Gasteiger partial charge in [0.15, 0.2) is 5.82 Å². The molecule has 0 aliphatic carbocycles. The van der Waals surface area contributed by atoms with Crippen molar-refractivity contribution in [3.8, 4) is 0 Å². The molecule has 0 fully saturated rings. The Morgan fingerprint density at radius 1 is 1.28 bits per heavy atom. The van der Waals surface area contributed by atoms with Crippen molar-refractivity contribution in [3.05, 3.63) is 11.6 Å². The molecule has 0 aromatic carbocycles. The molecule has 0 rings (SSSR count). The second-order valence-corrected chi connectivity index (χ2v) is 6.19. The minimum atomic E-state index is -3.21. The van der Waals surface area contributed by atoms with E-state index in [-0.39, 0.29) is 6.10 Å². The topological polar surface area (TPSA) is 50.8 Å². The Hall–Kier alpha value is 0.140. The van der Waals surface area contributed by atoms with Gasteiger partial charge in [-0.1, -0.05) is 13.8 Å². The lowest BCUT2D eigenvalue weighted by Gasteiger charge is -2.24. The molecule has 0 aliphatic heterocycles. The second-order valence-electron chi connectivity index (χ2n) is 4.03. The van der Waals surface area contributed by atoms with Gasteiger partial charge >= 0.3 is 0 Å². The Morgan fingerprint density at radius 3 is 2.17 bits per heavy atom. The summed E-state index contributed by atoms with van der Waals surface area (Å²) >= 11 is 5.65. The lowest BCUT2D eigenvalue weighted by atomic mass is 10.5.